The first-order valence-electron chi connectivity index (χ1n) is 12.3. The quantitative estimate of drug-likeness (QED) is 0.286. The van der Waals surface area contributed by atoms with Crippen molar-refractivity contribution in [2.24, 2.45) is 4.99 Å². The molecule has 1 aliphatic heterocycles. The molecule has 0 fully saturated rings. The number of nitrogens with one attached hydrogen (secondary N) is 2. The highest BCUT2D eigenvalue weighted by molar-refractivity contribution is 6.37. The molecule has 12 heteroatoms. The van der Waals surface area contributed by atoms with Gasteiger partial charge in [0.2, 0.25) is 17.7 Å². The molecular weight excluding hydrogens is 558 g/mol. The number of rotatable bonds is 6. The van der Waals surface area contributed by atoms with E-state index in [-0.39, 0.29) is 24.2 Å². The SMILES string of the molecule is Cc1nc(-c2c(Cl)cc(Cl)cc2-c2ccc(CNC3=NC4=CC=CCC4N3NC(=O)c3ccco3)c(F)c2)no1. The van der Waals surface area contributed by atoms with E-state index in [1.807, 2.05) is 18.2 Å². The zero-order valence-corrected chi connectivity index (χ0v) is 22.5. The summed E-state index contributed by atoms with van der Waals surface area (Å²) in [5.41, 5.74) is 5.59. The number of carbonyl (C=O) groups is 1. The van der Waals surface area contributed by atoms with Crippen LogP contribution in [0.1, 0.15) is 28.4 Å². The topological polar surface area (TPSA) is 109 Å². The number of benzene rings is 2. The minimum absolute atomic E-state index is 0.110. The van der Waals surface area contributed by atoms with Crippen molar-refractivity contribution in [2.45, 2.75) is 25.9 Å². The number of furan rings is 1. The number of aryl methyl sites for hydroxylation is 1. The maximum absolute atomic E-state index is 15.4. The number of allylic oxidation sites excluding steroid dienone is 2. The lowest BCUT2D eigenvalue weighted by Gasteiger charge is -2.28. The fraction of sp³-hybridized carbons (Fsp3) is 0.143. The van der Waals surface area contributed by atoms with Crippen molar-refractivity contribution < 1.29 is 18.1 Å². The Kier molecular flexibility index (Phi) is 6.87. The highest BCUT2D eigenvalue weighted by atomic mass is 35.5. The van der Waals surface area contributed by atoms with Crippen molar-refractivity contribution in [3.8, 4) is 22.5 Å². The van der Waals surface area contributed by atoms with Crippen molar-refractivity contribution >= 4 is 35.1 Å². The van der Waals surface area contributed by atoms with E-state index in [4.69, 9.17) is 32.1 Å². The Balaban J connectivity index is 1.25. The Morgan fingerprint density at radius 1 is 1.23 bits per heavy atom. The van der Waals surface area contributed by atoms with E-state index in [0.29, 0.717) is 50.6 Å². The van der Waals surface area contributed by atoms with Gasteiger partial charge in [-0.1, -0.05) is 52.6 Å². The van der Waals surface area contributed by atoms with Crippen LogP contribution in [0.3, 0.4) is 0 Å². The Morgan fingerprint density at radius 2 is 2.10 bits per heavy atom. The minimum atomic E-state index is -0.459. The molecule has 3 heterocycles. The molecule has 0 saturated carbocycles. The summed E-state index contributed by atoms with van der Waals surface area (Å²) in [6.45, 7) is 1.78. The summed E-state index contributed by atoms with van der Waals surface area (Å²) < 4.78 is 25.8. The number of carbonyl (C=O) groups excluding carboxylic acids is 1. The van der Waals surface area contributed by atoms with Gasteiger partial charge >= 0.3 is 5.91 Å². The van der Waals surface area contributed by atoms with Gasteiger partial charge in [0.1, 0.15) is 5.82 Å². The van der Waals surface area contributed by atoms with Gasteiger partial charge in [0.15, 0.2) is 5.76 Å². The summed E-state index contributed by atoms with van der Waals surface area (Å²) in [6, 6.07) is 11.1. The lowest BCUT2D eigenvalue weighted by Crippen LogP contribution is -2.53. The van der Waals surface area contributed by atoms with Gasteiger partial charge in [0.05, 0.1) is 23.0 Å². The van der Waals surface area contributed by atoms with Gasteiger partial charge in [-0.15, -0.1) is 0 Å². The molecule has 2 aromatic heterocycles. The minimum Gasteiger partial charge on any atom is -0.459 e. The second-order valence-electron chi connectivity index (χ2n) is 9.10. The lowest BCUT2D eigenvalue weighted by molar-refractivity contribution is 0.0821. The van der Waals surface area contributed by atoms with Gasteiger partial charge in [-0.3, -0.25) is 10.2 Å². The van der Waals surface area contributed by atoms with Gasteiger partial charge in [-0.05, 0) is 54.0 Å². The summed E-state index contributed by atoms with van der Waals surface area (Å²) in [7, 11) is 0. The Labute approximate surface area is 237 Å². The highest BCUT2D eigenvalue weighted by Crippen LogP contribution is 2.39. The van der Waals surface area contributed by atoms with E-state index >= 15 is 4.39 Å². The summed E-state index contributed by atoms with van der Waals surface area (Å²) in [4.78, 5) is 21.6. The van der Waals surface area contributed by atoms with Crippen LogP contribution in [-0.4, -0.2) is 33.1 Å². The fourth-order valence-electron chi connectivity index (χ4n) is 4.57. The summed E-state index contributed by atoms with van der Waals surface area (Å²) in [5.74, 6) is 0.329. The Hall–Kier alpha value is -4.41. The monoisotopic (exact) mass is 578 g/mol. The van der Waals surface area contributed by atoms with E-state index < -0.39 is 11.7 Å². The zero-order valence-electron chi connectivity index (χ0n) is 21.0. The molecule has 1 unspecified atom stereocenters. The third kappa shape index (κ3) is 4.99. The van der Waals surface area contributed by atoms with Gasteiger partial charge in [0, 0.05) is 29.6 Å². The largest absolute Gasteiger partial charge is 0.459 e. The maximum atomic E-state index is 15.4. The predicted molar refractivity (Wildman–Crippen MR) is 148 cm³/mol. The number of amides is 1. The van der Waals surface area contributed by atoms with Crippen LogP contribution in [0, 0.1) is 12.7 Å². The van der Waals surface area contributed by atoms with Crippen molar-refractivity contribution in [3.05, 3.63) is 106 Å². The average molecular weight is 579 g/mol. The molecule has 202 valence electrons. The molecule has 1 atom stereocenters. The molecular formula is C28H21Cl2FN6O3. The van der Waals surface area contributed by atoms with Gasteiger partial charge in [-0.2, -0.15) is 4.98 Å². The molecule has 1 aliphatic carbocycles. The molecule has 0 spiro atoms. The standard InChI is InChI=1S/C28H21Cl2FN6O3/c1-15-33-26(36-40-15)25-19(12-18(29)13-20(25)30)16-8-9-17(21(31)11-16)14-32-28-34-22-5-2-3-6-23(22)37(28)35-27(38)24-7-4-10-39-24/h2-5,7-13,23H,6,14H2,1H3,(H,32,34)(H,35,38). The maximum Gasteiger partial charge on any atom is 0.305 e. The van der Waals surface area contributed by atoms with Crippen molar-refractivity contribution in [2.75, 3.05) is 0 Å². The second kappa shape index (κ2) is 10.6. The molecule has 2 N–H and O–H groups in total. The van der Waals surface area contributed by atoms with E-state index in [9.17, 15) is 4.79 Å². The van der Waals surface area contributed by atoms with Gasteiger partial charge < -0.3 is 14.3 Å². The van der Waals surface area contributed by atoms with E-state index in [0.717, 1.165) is 5.70 Å². The number of nitrogens with zero attached hydrogens (tertiary/aromatic N) is 4. The average Bonchev–Trinajstić information content (AvgIpc) is 3.69. The number of halogens is 3. The number of fused-ring (bicyclic) bond motifs is 1. The Bertz CT molecular complexity index is 1700. The van der Waals surface area contributed by atoms with Crippen LogP contribution in [0.5, 0.6) is 0 Å². The fourth-order valence-corrected chi connectivity index (χ4v) is 5.15. The zero-order chi connectivity index (χ0) is 27.8. The number of hydrogen-bond acceptors (Lipinski definition) is 8. The number of aromatic nitrogens is 2. The van der Waals surface area contributed by atoms with Crippen LogP contribution in [0.2, 0.25) is 10.0 Å². The summed E-state index contributed by atoms with van der Waals surface area (Å²) in [6.07, 6.45) is 7.85. The third-order valence-electron chi connectivity index (χ3n) is 6.45. The molecule has 0 saturated heterocycles. The highest BCUT2D eigenvalue weighted by Gasteiger charge is 2.34. The molecule has 4 aromatic rings. The summed E-state index contributed by atoms with van der Waals surface area (Å²) >= 11 is 12.8. The molecule has 0 bridgehead atoms. The lowest BCUT2D eigenvalue weighted by atomic mass is 9.97. The second-order valence-corrected chi connectivity index (χ2v) is 9.95. The first kappa shape index (κ1) is 25.8. The van der Waals surface area contributed by atoms with Crippen LogP contribution >= 0.6 is 23.2 Å². The molecule has 9 nitrogen and oxygen atoms in total. The molecule has 2 aliphatic rings. The molecule has 6 rings (SSSR count). The van der Waals surface area contributed by atoms with Crippen molar-refractivity contribution in [3.63, 3.8) is 0 Å². The number of hydrogen-bond donors (Lipinski definition) is 2. The number of hydrazine groups is 1. The predicted octanol–water partition coefficient (Wildman–Crippen LogP) is 6.07. The van der Waals surface area contributed by atoms with Gasteiger partial charge in [-0.25, -0.2) is 14.4 Å². The molecule has 0 radical (unpaired) electrons. The van der Waals surface area contributed by atoms with Crippen LogP contribution in [0.15, 0.2) is 86.6 Å². The number of aliphatic imine (C=N–C) groups is 1. The van der Waals surface area contributed by atoms with Crippen LogP contribution in [0.4, 0.5) is 4.39 Å². The number of guanidine groups is 1. The first-order valence-corrected chi connectivity index (χ1v) is 13.0. The Morgan fingerprint density at radius 3 is 2.85 bits per heavy atom. The van der Waals surface area contributed by atoms with Crippen LogP contribution < -0.4 is 10.7 Å². The van der Waals surface area contributed by atoms with E-state index in [1.54, 1.807) is 48.3 Å². The summed E-state index contributed by atoms with van der Waals surface area (Å²) in [5, 5.41) is 9.47. The third-order valence-corrected chi connectivity index (χ3v) is 6.97. The normalized spacial score (nSPS) is 16.0. The molecule has 1 amide bonds. The van der Waals surface area contributed by atoms with Crippen LogP contribution in [-0.2, 0) is 6.54 Å². The van der Waals surface area contributed by atoms with Crippen molar-refractivity contribution in [1.29, 1.82) is 0 Å². The smallest absolute Gasteiger partial charge is 0.305 e. The van der Waals surface area contributed by atoms with Gasteiger partial charge in [0.25, 0.3) is 0 Å². The first-order chi connectivity index (χ1) is 19.4. The molecule has 2 aromatic carbocycles. The van der Waals surface area contributed by atoms with E-state index in [2.05, 4.69) is 25.9 Å². The van der Waals surface area contributed by atoms with Crippen molar-refractivity contribution in [1.82, 2.24) is 25.9 Å². The molecule has 40 heavy (non-hydrogen) atoms. The van der Waals surface area contributed by atoms with Crippen LogP contribution in [0.25, 0.3) is 22.5 Å². The van der Waals surface area contributed by atoms with E-state index in [1.165, 1.54) is 12.3 Å².